The number of aliphatic hydroxyl groups excluding tert-OH is 1. The SMILES string of the molecule is CC.Cc1ccccc1/C(=C\CC1CCC(O)C1)n1c(-c2cn(C)c3ccccc23)n[nH]c1=O. The van der Waals surface area contributed by atoms with Crippen LogP contribution in [0.4, 0.5) is 0 Å². The van der Waals surface area contributed by atoms with Gasteiger partial charge in [-0.3, -0.25) is 0 Å². The third kappa shape index (κ3) is 4.50. The van der Waals surface area contributed by atoms with Gasteiger partial charge in [0.15, 0.2) is 5.82 Å². The van der Waals surface area contributed by atoms with Gasteiger partial charge in [-0.05, 0) is 50.2 Å². The van der Waals surface area contributed by atoms with E-state index in [2.05, 4.69) is 52.0 Å². The third-order valence-electron chi connectivity index (χ3n) is 6.63. The molecule has 2 aromatic heterocycles. The number of H-pyrrole nitrogens is 1. The number of nitrogens with one attached hydrogen (secondary N) is 1. The van der Waals surface area contributed by atoms with Crippen molar-refractivity contribution in [3.63, 3.8) is 0 Å². The van der Waals surface area contributed by atoms with Gasteiger partial charge in [0.25, 0.3) is 0 Å². The third-order valence-corrected chi connectivity index (χ3v) is 6.63. The molecule has 34 heavy (non-hydrogen) atoms. The Morgan fingerprint density at radius 1 is 1.15 bits per heavy atom. The van der Waals surface area contributed by atoms with E-state index in [-0.39, 0.29) is 11.8 Å². The number of benzene rings is 2. The lowest BCUT2D eigenvalue weighted by atomic mass is 9.99. The summed E-state index contributed by atoms with van der Waals surface area (Å²) in [6, 6.07) is 16.3. The molecule has 1 saturated carbocycles. The van der Waals surface area contributed by atoms with E-state index >= 15 is 0 Å². The zero-order chi connectivity index (χ0) is 24.2. The molecular formula is C28H34N4O2. The zero-order valence-corrected chi connectivity index (χ0v) is 20.5. The fourth-order valence-electron chi connectivity index (χ4n) is 4.94. The molecule has 6 nitrogen and oxygen atoms in total. The molecule has 4 aromatic rings. The molecule has 2 N–H and O–H groups in total. The predicted octanol–water partition coefficient (Wildman–Crippen LogP) is 5.51. The Morgan fingerprint density at radius 2 is 1.88 bits per heavy atom. The number of hydrogen-bond acceptors (Lipinski definition) is 3. The summed E-state index contributed by atoms with van der Waals surface area (Å²) in [5, 5.41) is 18.1. The molecule has 0 spiro atoms. The molecule has 6 heteroatoms. The lowest BCUT2D eigenvalue weighted by Crippen LogP contribution is -2.18. The van der Waals surface area contributed by atoms with Crippen molar-refractivity contribution in [3.05, 3.63) is 82.4 Å². The number of allylic oxidation sites excluding steroid dienone is 1. The molecule has 1 fully saturated rings. The molecule has 2 unspecified atom stereocenters. The van der Waals surface area contributed by atoms with Crippen molar-refractivity contribution in [3.8, 4) is 11.4 Å². The van der Waals surface area contributed by atoms with Crippen molar-refractivity contribution < 1.29 is 5.11 Å². The number of aromatic nitrogens is 4. The minimum absolute atomic E-state index is 0.210. The number of fused-ring (bicyclic) bond motifs is 1. The van der Waals surface area contributed by atoms with Crippen LogP contribution >= 0.6 is 0 Å². The maximum atomic E-state index is 13.1. The van der Waals surface area contributed by atoms with Crippen LogP contribution in [0.3, 0.4) is 0 Å². The number of nitrogens with zero attached hydrogens (tertiary/aromatic N) is 3. The quantitative estimate of drug-likeness (QED) is 0.414. The first kappa shape index (κ1) is 23.8. The van der Waals surface area contributed by atoms with Crippen LogP contribution in [0.2, 0.25) is 0 Å². The Balaban J connectivity index is 0.00000133. The van der Waals surface area contributed by atoms with E-state index in [1.54, 1.807) is 4.57 Å². The second-order valence-electron chi connectivity index (χ2n) is 8.83. The lowest BCUT2D eigenvalue weighted by Gasteiger charge is -2.15. The summed E-state index contributed by atoms with van der Waals surface area (Å²) in [5.74, 6) is 1.03. The highest BCUT2D eigenvalue weighted by molar-refractivity contribution is 5.95. The topological polar surface area (TPSA) is 75.8 Å². The van der Waals surface area contributed by atoms with E-state index < -0.39 is 0 Å². The molecule has 1 aliphatic carbocycles. The summed E-state index contributed by atoms with van der Waals surface area (Å²) in [7, 11) is 2.00. The summed E-state index contributed by atoms with van der Waals surface area (Å²) in [6.07, 6.45) is 7.45. The van der Waals surface area contributed by atoms with E-state index in [4.69, 9.17) is 0 Å². The van der Waals surface area contributed by atoms with E-state index in [9.17, 15) is 9.90 Å². The zero-order valence-electron chi connectivity index (χ0n) is 20.5. The first-order valence-electron chi connectivity index (χ1n) is 12.2. The number of para-hydroxylation sites is 1. The molecule has 0 bridgehead atoms. The van der Waals surface area contributed by atoms with Gasteiger partial charge >= 0.3 is 5.69 Å². The standard InChI is InChI=1S/C26H28N4O2.C2H6/c1-17-7-3-4-8-20(17)24(14-12-18-11-13-19(31)15-18)30-25(27-28-26(30)32)22-16-29(2)23-10-6-5-9-21(22)23;1-2/h3-10,14,16,18-19,31H,11-13,15H2,1-2H3,(H,28,32);1-2H3/b24-14+;. The predicted molar refractivity (Wildman–Crippen MR) is 139 cm³/mol. The molecule has 5 rings (SSSR count). The fraction of sp³-hybridized carbons (Fsp3) is 0.357. The van der Waals surface area contributed by atoms with Crippen molar-refractivity contribution in [2.75, 3.05) is 0 Å². The maximum absolute atomic E-state index is 13.1. The van der Waals surface area contributed by atoms with E-state index in [0.29, 0.717) is 11.7 Å². The maximum Gasteiger partial charge on any atom is 0.348 e. The Labute approximate surface area is 200 Å². The monoisotopic (exact) mass is 458 g/mol. The van der Waals surface area contributed by atoms with Gasteiger partial charge in [-0.1, -0.05) is 62.4 Å². The van der Waals surface area contributed by atoms with Crippen LogP contribution < -0.4 is 5.69 Å². The Bertz CT molecular complexity index is 1360. The summed E-state index contributed by atoms with van der Waals surface area (Å²) in [5.41, 5.74) is 4.70. The van der Waals surface area contributed by atoms with Crippen LogP contribution in [0.15, 0.2) is 65.6 Å². The average Bonchev–Trinajstić information content (AvgIpc) is 3.54. The number of hydrogen-bond donors (Lipinski definition) is 2. The molecule has 0 amide bonds. The van der Waals surface area contributed by atoms with Crippen LogP contribution in [0.1, 0.15) is 50.7 Å². The van der Waals surface area contributed by atoms with Crippen molar-refractivity contribution in [2.24, 2.45) is 13.0 Å². The summed E-state index contributed by atoms with van der Waals surface area (Å²) < 4.78 is 3.76. The van der Waals surface area contributed by atoms with E-state index in [0.717, 1.165) is 59.0 Å². The summed E-state index contributed by atoms with van der Waals surface area (Å²) >= 11 is 0. The molecular weight excluding hydrogens is 424 g/mol. The fourth-order valence-corrected chi connectivity index (χ4v) is 4.94. The van der Waals surface area contributed by atoms with Crippen molar-refractivity contribution in [1.29, 1.82) is 0 Å². The van der Waals surface area contributed by atoms with Crippen molar-refractivity contribution in [2.45, 2.75) is 52.6 Å². The lowest BCUT2D eigenvalue weighted by molar-refractivity contribution is 0.178. The molecule has 2 aromatic carbocycles. The van der Waals surface area contributed by atoms with Gasteiger partial charge in [-0.25, -0.2) is 14.5 Å². The van der Waals surface area contributed by atoms with Crippen LogP contribution in [-0.2, 0) is 7.05 Å². The van der Waals surface area contributed by atoms with Crippen LogP contribution in [0, 0.1) is 12.8 Å². The highest BCUT2D eigenvalue weighted by atomic mass is 16.3. The average molecular weight is 459 g/mol. The second kappa shape index (κ2) is 10.3. The largest absolute Gasteiger partial charge is 0.393 e. The highest BCUT2D eigenvalue weighted by Crippen LogP contribution is 2.33. The van der Waals surface area contributed by atoms with Gasteiger partial charge in [0, 0.05) is 35.3 Å². The smallest absolute Gasteiger partial charge is 0.348 e. The van der Waals surface area contributed by atoms with E-state index in [1.165, 1.54) is 0 Å². The normalized spacial score (nSPS) is 18.2. The second-order valence-corrected chi connectivity index (χ2v) is 8.83. The molecule has 2 heterocycles. The summed E-state index contributed by atoms with van der Waals surface area (Å²) in [4.78, 5) is 13.1. The molecule has 1 aliphatic rings. The summed E-state index contributed by atoms with van der Waals surface area (Å²) in [6.45, 7) is 6.06. The van der Waals surface area contributed by atoms with Crippen LogP contribution in [0.25, 0.3) is 28.0 Å². The van der Waals surface area contributed by atoms with Crippen molar-refractivity contribution in [1.82, 2.24) is 19.3 Å². The van der Waals surface area contributed by atoms with Crippen molar-refractivity contribution >= 4 is 16.6 Å². The Hall–Kier alpha value is -3.38. The molecule has 0 saturated heterocycles. The number of rotatable bonds is 5. The number of aryl methyl sites for hydroxylation is 2. The van der Waals surface area contributed by atoms with Crippen LogP contribution in [0.5, 0.6) is 0 Å². The molecule has 0 radical (unpaired) electrons. The Kier molecular flexibility index (Phi) is 7.17. The first-order valence-corrected chi connectivity index (χ1v) is 12.2. The highest BCUT2D eigenvalue weighted by Gasteiger charge is 2.24. The van der Waals surface area contributed by atoms with Gasteiger partial charge < -0.3 is 9.67 Å². The minimum atomic E-state index is -0.256. The van der Waals surface area contributed by atoms with Gasteiger partial charge in [-0.15, -0.1) is 0 Å². The Morgan fingerprint density at radius 3 is 2.62 bits per heavy atom. The molecule has 178 valence electrons. The molecule has 0 aliphatic heterocycles. The first-order chi connectivity index (χ1) is 16.5. The number of aliphatic hydroxyl groups is 1. The van der Waals surface area contributed by atoms with Crippen LogP contribution in [-0.4, -0.2) is 30.5 Å². The van der Waals surface area contributed by atoms with Gasteiger partial charge in [0.2, 0.25) is 0 Å². The van der Waals surface area contributed by atoms with Gasteiger partial charge in [-0.2, -0.15) is 5.10 Å². The van der Waals surface area contributed by atoms with Gasteiger partial charge in [0.05, 0.1) is 11.8 Å². The van der Waals surface area contributed by atoms with Gasteiger partial charge in [0.1, 0.15) is 0 Å². The minimum Gasteiger partial charge on any atom is -0.393 e. The number of aromatic amines is 1. The van der Waals surface area contributed by atoms with E-state index in [1.807, 2.05) is 51.4 Å². The molecule has 2 atom stereocenters.